The number of fused-ring (bicyclic) bond motifs is 2. The zero-order chi connectivity index (χ0) is 43.6. The van der Waals surface area contributed by atoms with Crippen LogP contribution < -0.4 is 20.5 Å². The van der Waals surface area contributed by atoms with Crippen LogP contribution in [0.2, 0.25) is 0 Å². The number of hydrogen-bond donors (Lipinski definition) is 2. The van der Waals surface area contributed by atoms with E-state index in [9.17, 15) is 28.8 Å². The van der Waals surface area contributed by atoms with Crippen LogP contribution in [0.15, 0.2) is 35.1 Å². The summed E-state index contributed by atoms with van der Waals surface area (Å²) in [6.07, 6.45) is 5.75. The molecule has 336 valence electrons. The number of nitrogens with zero attached hydrogens (tertiary/aromatic N) is 6. The molecule has 1 unspecified atom stereocenters. The standard InChI is InChI=1S/C45H55FN8O8S/c46-33-22-30(23-34-41(33)43(58)48-37(47-34)27-63-31-10-20-61-21-11-31)62-26-29-6-12-50(13-7-29)25-39(56)53-14-8-28(9-15-53)24-51-16-18-52(19-17-51)35-3-1-2-32-40(35)45(60)54(44(32)59)36-4-5-38(55)49-42(36)57/h1-3,22-23,28-29,31,36H,4-21,24-27H2,(H,47,48,58)(H,49,55,57). The topological polar surface area (TPSA) is 178 Å². The van der Waals surface area contributed by atoms with E-state index in [-0.39, 0.29) is 30.1 Å². The van der Waals surface area contributed by atoms with Crippen LogP contribution in [0.25, 0.3) is 10.9 Å². The number of amides is 5. The number of carbonyl (C=O) groups excluding carboxylic acids is 5. The van der Waals surface area contributed by atoms with Gasteiger partial charge in [-0.05, 0) is 82.0 Å². The zero-order valence-corrected chi connectivity index (χ0v) is 36.3. The lowest BCUT2D eigenvalue weighted by atomic mass is 9.95. The van der Waals surface area contributed by atoms with Crippen molar-refractivity contribution in [1.82, 2.24) is 34.9 Å². The Morgan fingerprint density at radius 1 is 0.857 bits per heavy atom. The second-order valence-corrected chi connectivity index (χ2v) is 19.0. The third-order valence-corrected chi connectivity index (χ3v) is 15.0. The van der Waals surface area contributed by atoms with Crippen molar-refractivity contribution >= 4 is 57.9 Å². The van der Waals surface area contributed by atoms with Crippen LogP contribution in [0.1, 0.15) is 77.9 Å². The molecule has 5 amide bonds. The van der Waals surface area contributed by atoms with Crippen molar-refractivity contribution in [2.75, 3.05) is 90.2 Å². The van der Waals surface area contributed by atoms with Crippen LogP contribution in [0.3, 0.4) is 0 Å². The molecule has 1 aromatic heterocycles. The number of halogens is 1. The van der Waals surface area contributed by atoms with E-state index in [2.05, 4.69) is 30.0 Å². The molecule has 5 fully saturated rings. The number of aromatic nitrogens is 2. The van der Waals surface area contributed by atoms with E-state index in [1.54, 1.807) is 30.0 Å². The fourth-order valence-electron chi connectivity index (χ4n) is 9.92. The van der Waals surface area contributed by atoms with Crippen LogP contribution in [-0.4, -0.2) is 156 Å². The number of hydrogen-bond acceptors (Lipinski definition) is 13. The fourth-order valence-corrected chi connectivity index (χ4v) is 11.0. The molecular formula is C45H55FN8O8S. The molecule has 0 radical (unpaired) electrons. The summed E-state index contributed by atoms with van der Waals surface area (Å²) in [5.74, 6) is -0.319. The van der Waals surface area contributed by atoms with Crippen LogP contribution in [0.4, 0.5) is 10.1 Å². The van der Waals surface area contributed by atoms with Gasteiger partial charge in [-0.3, -0.25) is 48.8 Å². The number of likely N-dealkylation sites (tertiary alicyclic amines) is 2. The number of ether oxygens (including phenoxy) is 2. The van der Waals surface area contributed by atoms with Gasteiger partial charge >= 0.3 is 0 Å². The van der Waals surface area contributed by atoms with Crippen molar-refractivity contribution in [2.45, 2.75) is 68.4 Å². The maximum atomic E-state index is 15.1. The van der Waals surface area contributed by atoms with Crippen LogP contribution in [0.5, 0.6) is 5.75 Å². The van der Waals surface area contributed by atoms with Gasteiger partial charge in [0.15, 0.2) is 0 Å². The molecule has 0 spiro atoms. The van der Waals surface area contributed by atoms with E-state index in [0.717, 1.165) is 102 Å². The molecule has 1 atom stereocenters. The number of carbonyl (C=O) groups is 5. The van der Waals surface area contributed by atoms with Gasteiger partial charge in [0.2, 0.25) is 17.7 Å². The average molecular weight is 887 g/mol. The first kappa shape index (κ1) is 43.3. The summed E-state index contributed by atoms with van der Waals surface area (Å²) < 4.78 is 26.6. The predicted molar refractivity (Wildman–Crippen MR) is 233 cm³/mol. The Hall–Kier alpha value is -4.91. The number of thioether (sulfide) groups is 1. The Balaban J connectivity index is 0.688. The van der Waals surface area contributed by atoms with Gasteiger partial charge in [-0.1, -0.05) is 6.07 Å². The third-order valence-electron chi connectivity index (χ3n) is 13.6. The highest BCUT2D eigenvalue weighted by Crippen LogP contribution is 2.35. The van der Waals surface area contributed by atoms with E-state index < -0.39 is 41.0 Å². The van der Waals surface area contributed by atoms with Gasteiger partial charge in [0.05, 0.1) is 41.2 Å². The van der Waals surface area contributed by atoms with Crippen molar-refractivity contribution in [2.24, 2.45) is 11.8 Å². The summed E-state index contributed by atoms with van der Waals surface area (Å²) in [7, 11) is 0. The molecule has 6 aliphatic rings. The summed E-state index contributed by atoms with van der Waals surface area (Å²) in [6.45, 7) is 9.28. The first-order chi connectivity index (χ1) is 30.6. The molecule has 3 aromatic rings. The summed E-state index contributed by atoms with van der Waals surface area (Å²) in [6, 6.07) is 7.19. The van der Waals surface area contributed by atoms with E-state index in [0.29, 0.717) is 77.1 Å². The van der Waals surface area contributed by atoms with E-state index >= 15 is 4.39 Å². The molecule has 0 bridgehead atoms. The number of H-pyrrole nitrogens is 1. The Labute approximate surface area is 369 Å². The van der Waals surface area contributed by atoms with Crippen LogP contribution in [0, 0.1) is 17.7 Å². The summed E-state index contributed by atoms with van der Waals surface area (Å²) in [5.41, 5.74) is 1.13. The number of piperazine rings is 1. The highest BCUT2D eigenvalue weighted by atomic mass is 32.2. The minimum Gasteiger partial charge on any atom is -0.493 e. The van der Waals surface area contributed by atoms with Crippen molar-refractivity contribution in [3.63, 3.8) is 0 Å². The van der Waals surface area contributed by atoms with Crippen molar-refractivity contribution in [1.29, 1.82) is 0 Å². The number of imide groups is 2. The lowest BCUT2D eigenvalue weighted by Gasteiger charge is -2.40. The Kier molecular flexibility index (Phi) is 13.1. The van der Waals surface area contributed by atoms with E-state index in [4.69, 9.17) is 9.47 Å². The SMILES string of the molecule is O=C1CCC(N2C(=O)c3cccc(N4CCN(CC5CCN(C(=O)CN6CCC(COc7cc(F)c8c(=O)[nH]c(CSC9CCOCC9)nc8c7)CC6)CC5)CC4)c3C2=O)C(=O)N1. The lowest BCUT2D eigenvalue weighted by Crippen LogP contribution is -2.54. The van der Waals surface area contributed by atoms with Crippen LogP contribution >= 0.6 is 11.8 Å². The van der Waals surface area contributed by atoms with E-state index in [1.165, 1.54) is 6.07 Å². The second kappa shape index (κ2) is 19.1. The van der Waals surface area contributed by atoms with Crippen molar-refractivity contribution in [3.05, 3.63) is 63.5 Å². The van der Waals surface area contributed by atoms with Gasteiger partial charge in [-0.25, -0.2) is 9.37 Å². The molecule has 2 aromatic carbocycles. The number of benzene rings is 2. The summed E-state index contributed by atoms with van der Waals surface area (Å²) >= 11 is 1.73. The lowest BCUT2D eigenvalue weighted by molar-refractivity contribution is -0.136. The molecule has 18 heteroatoms. The van der Waals surface area contributed by atoms with Crippen LogP contribution in [-0.2, 0) is 24.9 Å². The number of piperidine rings is 3. The molecule has 5 saturated heterocycles. The minimum absolute atomic E-state index is 0.0592. The molecule has 7 heterocycles. The van der Waals surface area contributed by atoms with Gasteiger partial charge in [-0.2, -0.15) is 11.8 Å². The Morgan fingerprint density at radius 3 is 2.35 bits per heavy atom. The summed E-state index contributed by atoms with van der Waals surface area (Å²) in [5, 5.41) is 2.64. The molecule has 0 aliphatic carbocycles. The smallest absolute Gasteiger partial charge is 0.264 e. The summed E-state index contributed by atoms with van der Waals surface area (Å²) in [4.78, 5) is 94.5. The average Bonchev–Trinajstić information content (AvgIpc) is 3.54. The largest absolute Gasteiger partial charge is 0.493 e. The maximum Gasteiger partial charge on any atom is 0.264 e. The number of anilines is 1. The normalized spacial score (nSPS) is 22.6. The molecular weight excluding hydrogens is 832 g/mol. The number of nitrogens with one attached hydrogen (secondary N) is 2. The van der Waals surface area contributed by atoms with Gasteiger partial charge < -0.3 is 24.3 Å². The molecule has 6 aliphatic heterocycles. The monoisotopic (exact) mass is 886 g/mol. The van der Waals surface area contributed by atoms with E-state index in [1.807, 2.05) is 11.0 Å². The van der Waals surface area contributed by atoms with Gasteiger partial charge in [0, 0.05) is 82.8 Å². The third kappa shape index (κ3) is 9.64. The molecule has 16 nitrogen and oxygen atoms in total. The Morgan fingerprint density at radius 2 is 1.60 bits per heavy atom. The number of rotatable bonds is 12. The van der Waals surface area contributed by atoms with Gasteiger partial charge in [-0.15, -0.1) is 0 Å². The van der Waals surface area contributed by atoms with Gasteiger partial charge in [0.25, 0.3) is 17.4 Å². The van der Waals surface area contributed by atoms with Crippen molar-refractivity contribution < 1.29 is 37.8 Å². The first-order valence-corrected chi connectivity index (χ1v) is 23.5. The molecule has 63 heavy (non-hydrogen) atoms. The molecule has 2 N–H and O–H groups in total. The van der Waals surface area contributed by atoms with Gasteiger partial charge in [0.1, 0.15) is 28.8 Å². The molecule has 0 saturated carbocycles. The predicted octanol–water partition coefficient (Wildman–Crippen LogP) is 3.03. The minimum atomic E-state index is -0.996. The molecule has 9 rings (SSSR count). The second-order valence-electron chi connectivity index (χ2n) is 17.7. The number of aromatic amines is 1. The first-order valence-electron chi connectivity index (χ1n) is 22.4. The highest BCUT2D eigenvalue weighted by Gasteiger charge is 2.46. The fraction of sp³-hybridized carbons (Fsp3) is 0.578. The highest BCUT2D eigenvalue weighted by molar-refractivity contribution is 7.99. The van der Waals surface area contributed by atoms with Crippen molar-refractivity contribution in [3.8, 4) is 5.75 Å². The Bertz CT molecular complexity index is 2300. The maximum absolute atomic E-state index is 15.1. The quantitative estimate of drug-likeness (QED) is 0.254. The zero-order valence-electron chi connectivity index (χ0n) is 35.5.